The van der Waals surface area contributed by atoms with Gasteiger partial charge in [-0.15, -0.1) is 11.3 Å². The summed E-state index contributed by atoms with van der Waals surface area (Å²) in [7, 11) is 0. The second-order valence-corrected chi connectivity index (χ2v) is 4.30. The number of hydrogen-bond donors (Lipinski definition) is 0. The van der Waals surface area contributed by atoms with Gasteiger partial charge in [0.05, 0.1) is 11.3 Å². The number of hydrogen-bond acceptors (Lipinski definition) is 2. The van der Waals surface area contributed by atoms with Crippen molar-refractivity contribution in [2.24, 2.45) is 4.99 Å². The maximum atomic E-state index is 12.4. The van der Waals surface area contributed by atoms with E-state index in [2.05, 4.69) is 4.99 Å². The summed E-state index contributed by atoms with van der Waals surface area (Å²) in [5.41, 5.74) is -0.383. The zero-order valence-electron chi connectivity index (χ0n) is 8.61. The molecule has 1 aromatic heterocycles. The Labute approximate surface area is 100 Å². The Bertz CT molecular complexity index is 515. The summed E-state index contributed by atoms with van der Waals surface area (Å²) in [6.45, 7) is 0. The van der Waals surface area contributed by atoms with E-state index in [9.17, 15) is 13.2 Å². The van der Waals surface area contributed by atoms with Crippen LogP contribution in [0.2, 0.25) is 0 Å². The molecule has 0 spiro atoms. The zero-order valence-corrected chi connectivity index (χ0v) is 9.42. The fraction of sp³-hybridized carbons (Fsp3) is 0.0833. The first kappa shape index (κ1) is 11.9. The second-order valence-electron chi connectivity index (χ2n) is 3.32. The van der Waals surface area contributed by atoms with Gasteiger partial charge in [-0.1, -0.05) is 12.1 Å². The number of thiophene rings is 1. The predicted octanol–water partition coefficient (Wildman–Crippen LogP) is 4.52. The van der Waals surface area contributed by atoms with Crippen molar-refractivity contribution in [1.82, 2.24) is 0 Å². The summed E-state index contributed by atoms with van der Waals surface area (Å²) in [6, 6.07) is 8.66. The van der Waals surface area contributed by atoms with Crippen LogP contribution in [0.5, 0.6) is 0 Å². The highest BCUT2D eigenvalue weighted by Gasteiger charge is 2.30. The Morgan fingerprint density at radius 1 is 1.12 bits per heavy atom. The van der Waals surface area contributed by atoms with Crippen LogP contribution in [0.3, 0.4) is 0 Å². The molecule has 0 amide bonds. The molecule has 2 aromatic rings. The normalized spacial score (nSPS) is 12.2. The molecule has 0 saturated heterocycles. The van der Waals surface area contributed by atoms with E-state index in [1.54, 1.807) is 12.3 Å². The molecule has 17 heavy (non-hydrogen) atoms. The van der Waals surface area contributed by atoms with Crippen molar-refractivity contribution >= 4 is 23.2 Å². The molecule has 0 radical (unpaired) electrons. The van der Waals surface area contributed by atoms with Crippen molar-refractivity contribution in [1.29, 1.82) is 0 Å². The molecule has 5 heteroatoms. The third-order valence-electron chi connectivity index (χ3n) is 2.06. The van der Waals surface area contributed by atoms with Crippen LogP contribution in [0, 0.1) is 0 Å². The highest BCUT2D eigenvalue weighted by Crippen LogP contribution is 2.31. The molecule has 0 aliphatic carbocycles. The number of nitrogens with zero attached hydrogens (tertiary/aromatic N) is 1. The first-order chi connectivity index (χ1) is 8.05. The van der Waals surface area contributed by atoms with Gasteiger partial charge in [0.25, 0.3) is 0 Å². The topological polar surface area (TPSA) is 12.4 Å². The molecule has 0 atom stereocenters. The van der Waals surface area contributed by atoms with Gasteiger partial charge in [0, 0.05) is 11.1 Å². The van der Waals surface area contributed by atoms with Gasteiger partial charge in [0.2, 0.25) is 0 Å². The lowest BCUT2D eigenvalue weighted by Crippen LogP contribution is -2.03. The maximum absolute atomic E-state index is 12.4. The molecule has 0 aliphatic heterocycles. The molecule has 0 unspecified atom stereocenters. The molecule has 0 aliphatic rings. The van der Waals surface area contributed by atoms with Gasteiger partial charge >= 0.3 is 6.18 Å². The Hall–Kier alpha value is -1.62. The third kappa shape index (κ3) is 3.17. The Morgan fingerprint density at radius 2 is 1.94 bits per heavy atom. The minimum Gasteiger partial charge on any atom is -0.255 e. The van der Waals surface area contributed by atoms with Gasteiger partial charge in [0.15, 0.2) is 0 Å². The molecule has 0 saturated carbocycles. The van der Waals surface area contributed by atoms with Gasteiger partial charge in [-0.25, -0.2) is 0 Å². The fourth-order valence-corrected chi connectivity index (χ4v) is 1.85. The van der Waals surface area contributed by atoms with Crippen molar-refractivity contribution in [2.75, 3.05) is 0 Å². The highest BCUT2D eigenvalue weighted by molar-refractivity contribution is 7.11. The number of alkyl halides is 3. The summed E-state index contributed by atoms with van der Waals surface area (Å²) in [5, 5.41) is 1.88. The SMILES string of the molecule is FC(F)(F)c1cccc(N=Cc2cccs2)c1. The molecule has 88 valence electrons. The van der Waals surface area contributed by atoms with E-state index in [1.807, 2.05) is 17.5 Å². The predicted molar refractivity (Wildman–Crippen MR) is 63.0 cm³/mol. The van der Waals surface area contributed by atoms with E-state index < -0.39 is 11.7 Å². The summed E-state index contributed by atoms with van der Waals surface area (Å²) >= 11 is 1.48. The van der Waals surface area contributed by atoms with Crippen LogP contribution < -0.4 is 0 Å². The van der Waals surface area contributed by atoms with Crippen molar-refractivity contribution in [3.8, 4) is 0 Å². The van der Waals surface area contributed by atoms with E-state index in [-0.39, 0.29) is 0 Å². The molecule has 1 aromatic carbocycles. The van der Waals surface area contributed by atoms with E-state index in [0.29, 0.717) is 5.69 Å². The average molecular weight is 255 g/mol. The first-order valence-electron chi connectivity index (χ1n) is 4.80. The molecule has 0 N–H and O–H groups in total. The van der Waals surface area contributed by atoms with E-state index in [0.717, 1.165) is 17.0 Å². The van der Waals surface area contributed by atoms with Crippen LogP contribution in [0.4, 0.5) is 18.9 Å². The standard InChI is InChI=1S/C12H8F3NS/c13-12(14,15)9-3-1-4-10(7-9)16-8-11-5-2-6-17-11/h1-8H. The summed E-state index contributed by atoms with van der Waals surface area (Å²) in [4.78, 5) is 4.91. The molecule has 1 heterocycles. The molecular weight excluding hydrogens is 247 g/mol. The fourth-order valence-electron chi connectivity index (χ4n) is 1.27. The van der Waals surface area contributed by atoms with Gasteiger partial charge < -0.3 is 0 Å². The second kappa shape index (κ2) is 4.71. The molecular formula is C12H8F3NS. The van der Waals surface area contributed by atoms with Crippen molar-refractivity contribution in [3.05, 3.63) is 52.2 Å². The molecule has 0 bridgehead atoms. The lowest BCUT2D eigenvalue weighted by Gasteiger charge is -2.06. The first-order valence-corrected chi connectivity index (χ1v) is 5.68. The van der Waals surface area contributed by atoms with Crippen LogP contribution in [-0.2, 0) is 6.18 Å². The quantitative estimate of drug-likeness (QED) is 0.700. The van der Waals surface area contributed by atoms with Gasteiger partial charge in [-0.3, -0.25) is 4.99 Å². The summed E-state index contributed by atoms with van der Waals surface area (Å²) < 4.78 is 37.3. The number of rotatable bonds is 2. The van der Waals surface area contributed by atoms with Gasteiger partial charge in [-0.05, 0) is 29.6 Å². The third-order valence-corrected chi connectivity index (χ3v) is 2.86. The van der Waals surface area contributed by atoms with Crippen LogP contribution >= 0.6 is 11.3 Å². The minimum absolute atomic E-state index is 0.299. The van der Waals surface area contributed by atoms with Crippen molar-refractivity contribution in [2.45, 2.75) is 6.18 Å². The Morgan fingerprint density at radius 3 is 2.59 bits per heavy atom. The molecule has 1 nitrogen and oxygen atoms in total. The number of benzene rings is 1. The van der Waals surface area contributed by atoms with Crippen molar-refractivity contribution in [3.63, 3.8) is 0 Å². The van der Waals surface area contributed by atoms with Crippen LogP contribution in [0.15, 0.2) is 46.8 Å². The highest BCUT2D eigenvalue weighted by atomic mass is 32.1. The summed E-state index contributed by atoms with van der Waals surface area (Å²) in [6.07, 6.45) is -2.77. The number of aliphatic imine (C=N–C) groups is 1. The lowest BCUT2D eigenvalue weighted by atomic mass is 10.2. The monoisotopic (exact) mass is 255 g/mol. The average Bonchev–Trinajstić information content (AvgIpc) is 2.78. The van der Waals surface area contributed by atoms with Crippen LogP contribution in [0.25, 0.3) is 0 Å². The zero-order chi connectivity index (χ0) is 12.3. The van der Waals surface area contributed by atoms with Crippen molar-refractivity contribution < 1.29 is 13.2 Å². The molecule has 0 fully saturated rings. The van der Waals surface area contributed by atoms with Crippen LogP contribution in [-0.4, -0.2) is 6.21 Å². The van der Waals surface area contributed by atoms with E-state index >= 15 is 0 Å². The maximum Gasteiger partial charge on any atom is 0.416 e. The van der Waals surface area contributed by atoms with E-state index in [1.165, 1.54) is 17.4 Å². The Balaban J connectivity index is 2.23. The Kier molecular flexibility index (Phi) is 3.28. The largest absolute Gasteiger partial charge is 0.416 e. The van der Waals surface area contributed by atoms with Gasteiger partial charge in [-0.2, -0.15) is 13.2 Å². The van der Waals surface area contributed by atoms with Gasteiger partial charge in [0.1, 0.15) is 0 Å². The molecule has 2 rings (SSSR count). The smallest absolute Gasteiger partial charge is 0.255 e. The number of halogens is 3. The van der Waals surface area contributed by atoms with Crippen LogP contribution in [0.1, 0.15) is 10.4 Å². The summed E-state index contributed by atoms with van der Waals surface area (Å²) in [5.74, 6) is 0. The minimum atomic E-state index is -4.32. The van der Waals surface area contributed by atoms with E-state index in [4.69, 9.17) is 0 Å². The lowest BCUT2D eigenvalue weighted by molar-refractivity contribution is -0.137.